The van der Waals surface area contributed by atoms with Crippen LogP contribution in [0.25, 0.3) is 0 Å². The molecule has 1 fully saturated rings. The molecule has 2 heterocycles. The third-order valence-corrected chi connectivity index (χ3v) is 4.35. The number of nitrogens with one attached hydrogen (secondary N) is 1. The summed E-state index contributed by atoms with van der Waals surface area (Å²) < 4.78 is 10.7. The standard InChI is InChI=1S/C19H25N5O3/c1-26-16-3-5-17(6-4-16)27-14-9-20-15-18(25)23-10-12-24(13-11-23)19-21-7-2-8-22-19/h2-8,20H,9-15H2,1H3. The highest BCUT2D eigenvalue weighted by Gasteiger charge is 2.21. The van der Waals surface area contributed by atoms with Crippen molar-refractivity contribution in [2.45, 2.75) is 0 Å². The van der Waals surface area contributed by atoms with E-state index >= 15 is 0 Å². The van der Waals surface area contributed by atoms with Crippen LogP contribution >= 0.6 is 0 Å². The molecule has 0 radical (unpaired) electrons. The minimum atomic E-state index is 0.105. The van der Waals surface area contributed by atoms with E-state index < -0.39 is 0 Å². The Hall–Kier alpha value is -2.87. The molecular formula is C19H25N5O3. The summed E-state index contributed by atoms with van der Waals surface area (Å²) in [5, 5.41) is 3.14. The first-order chi connectivity index (χ1) is 13.3. The van der Waals surface area contributed by atoms with Crippen LogP contribution in [-0.4, -0.2) is 73.8 Å². The second-order valence-electron chi connectivity index (χ2n) is 6.12. The van der Waals surface area contributed by atoms with Gasteiger partial charge in [0.25, 0.3) is 0 Å². The Labute approximate surface area is 159 Å². The summed E-state index contributed by atoms with van der Waals surface area (Å²) in [6.45, 7) is 4.27. The predicted octanol–water partition coefficient (Wildman–Crippen LogP) is 0.802. The van der Waals surface area contributed by atoms with Crippen LogP contribution in [0.1, 0.15) is 0 Å². The molecule has 144 valence electrons. The zero-order valence-electron chi connectivity index (χ0n) is 15.5. The van der Waals surface area contributed by atoms with Gasteiger partial charge in [0.05, 0.1) is 13.7 Å². The van der Waals surface area contributed by atoms with E-state index in [2.05, 4.69) is 20.2 Å². The highest BCUT2D eigenvalue weighted by atomic mass is 16.5. The number of hydrogen-bond acceptors (Lipinski definition) is 7. The number of hydrogen-bond donors (Lipinski definition) is 1. The van der Waals surface area contributed by atoms with Crippen molar-refractivity contribution in [3.8, 4) is 11.5 Å². The number of anilines is 1. The molecule has 1 aromatic heterocycles. The number of benzene rings is 1. The van der Waals surface area contributed by atoms with Gasteiger partial charge < -0.3 is 24.6 Å². The van der Waals surface area contributed by atoms with Crippen molar-refractivity contribution in [3.05, 3.63) is 42.7 Å². The van der Waals surface area contributed by atoms with Gasteiger partial charge in [0.2, 0.25) is 11.9 Å². The Morgan fingerprint density at radius 1 is 1.07 bits per heavy atom. The fraction of sp³-hybridized carbons (Fsp3) is 0.421. The third kappa shape index (κ3) is 5.55. The topological polar surface area (TPSA) is 79.8 Å². The molecule has 1 aliphatic rings. The van der Waals surface area contributed by atoms with Gasteiger partial charge in [-0.2, -0.15) is 0 Å². The largest absolute Gasteiger partial charge is 0.497 e. The van der Waals surface area contributed by atoms with Gasteiger partial charge in [-0.3, -0.25) is 4.79 Å². The van der Waals surface area contributed by atoms with Gasteiger partial charge in [0, 0.05) is 45.1 Å². The minimum absolute atomic E-state index is 0.105. The van der Waals surface area contributed by atoms with Gasteiger partial charge in [0.1, 0.15) is 18.1 Å². The van der Waals surface area contributed by atoms with Crippen LogP contribution in [0.15, 0.2) is 42.7 Å². The van der Waals surface area contributed by atoms with Crippen LogP contribution in [0.5, 0.6) is 11.5 Å². The molecule has 0 unspecified atom stereocenters. The second kappa shape index (κ2) is 9.72. The Morgan fingerprint density at radius 3 is 2.41 bits per heavy atom. The number of methoxy groups -OCH3 is 1. The van der Waals surface area contributed by atoms with E-state index in [1.54, 1.807) is 25.6 Å². The molecule has 0 saturated carbocycles. The highest BCUT2D eigenvalue weighted by Crippen LogP contribution is 2.16. The summed E-state index contributed by atoms with van der Waals surface area (Å²) in [4.78, 5) is 24.8. The number of amides is 1. The number of piperazine rings is 1. The number of ether oxygens (including phenoxy) is 2. The second-order valence-corrected chi connectivity index (χ2v) is 6.12. The van der Waals surface area contributed by atoms with Gasteiger partial charge in [-0.1, -0.05) is 0 Å². The third-order valence-electron chi connectivity index (χ3n) is 4.35. The average Bonchev–Trinajstić information content (AvgIpc) is 2.74. The smallest absolute Gasteiger partial charge is 0.236 e. The molecule has 0 atom stereocenters. The number of carbonyl (C=O) groups is 1. The monoisotopic (exact) mass is 371 g/mol. The Morgan fingerprint density at radius 2 is 1.74 bits per heavy atom. The first-order valence-electron chi connectivity index (χ1n) is 9.03. The lowest BCUT2D eigenvalue weighted by Crippen LogP contribution is -2.51. The van der Waals surface area contributed by atoms with Crippen molar-refractivity contribution >= 4 is 11.9 Å². The van der Waals surface area contributed by atoms with Crippen LogP contribution in [0.3, 0.4) is 0 Å². The van der Waals surface area contributed by atoms with Crippen molar-refractivity contribution in [3.63, 3.8) is 0 Å². The number of aromatic nitrogens is 2. The number of carbonyl (C=O) groups excluding carboxylic acids is 1. The molecule has 1 saturated heterocycles. The summed E-state index contributed by atoms with van der Waals surface area (Å²) in [7, 11) is 1.63. The molecule has 0 bridgehead atoms. The van der Waals surface area contributed by atoms with Gasteiger partial charge in [0.15, 0.2) is 0 Å². The Kier molecular flexibility index (Phi) is 6.81. The summed E-state index contributed by atoms with van der Waals surface area (Å²) in [5.41, 5.74) is 0. The van der Waals surface area contributed by atoms with E-state index in [0.29, 0.717) is 32.8 Å². The lowest BCUT2D eigenvalue weighted by Gasteiger charge is -2.34. The van der Waals surface area contributed by atoms with Gasteiger partial charge in [-0.15, -0.1) is 0 Å². The fourth-order valence-corrected chi connectivity index (χ4v) is 2.83. The van der Waals surface area contributed by atoms with Crippen molar-refractivity contribution in [2.75, 3.05) is 57.9 Å². The minimum Gasteiger partial charge on any atom is -0.497 e. The summed E-state index contributed by atoms with van der Waals surface area (Å²) in [6.07, 6.45) is 3.47. The summed E-state index contributed by atoms with van der Waals surface area (Å²) >= 11 is 0. The van der Waals surface area contributed by atoms with Crippen molar-refractivity contribution < 1.29 is 14.3 Å². The predicted molar refractivity (Wildman–Crippen MR) is 102 cm³/mol. The molecule has 1 amide bonds. The van der Waals surface area contributed by atoms with Crippen LogP contribution in [0, 0.1) is 0 Å². The first kappa shape index (κ1) is 18.9. The molecule has 2 aromatic rings. The molecule has 1 aromatic carbocycles. The van der Waals surface area contributed by atoms with Crippen LogP contribution < -0.4 is 19.7 Å². The molecule has 0 spiro atoms. The summed E-state index contributed by atoms with van der Waals surface area (Å²) in [6, 6.07) is 9.23. The normalized spacial score (nSPS) is 14.1. The Balaban J connectivity index is 1.30. The first-order valence-corrected chi connectivity index (χ1v) is 9.03. The lowest BCUT2D eigenvalue weighted by atomic mass is 10.3. The SMILES string of the molecule is COc1ccc(OCCNCC(=O)N2CCN(c3ncccn3)CC2)cc1. The maximum atomic E-state index is 12.3. The number of rotatable bonds is 8. The average molecular weight is 371 g/mol. The van der Waals surface area contributed by atoms with Crippen molar-refractivity contribution in [2.24, 2.45) is 0 Å². The highest BCUT2D eigenvalue weighted by molar-refractivity contribution is 5.78. The van der Waals surface area contributed by atoms with E-state index in [9.17, 15) is 4.79 Å². The Bertz CT molecular complexity index is 703. The molecule has 1 aliphatic heterocycles. The van der Waals surface area contributed by atoms with Gasteiger partial charge in [-0.05, 0) is 30.3 Å². The molecule has 27 heavy (non-hydrogen) atoms. The van der Waals surface area contributed by atoms with Gasteiger partial charge >= 0.3 is 0 Å². The van der Waals surface area contributed by atoms with E-state index in [1.165, 1.54) is 0 Å². The summed E-state index contributed by atoms with van der Waals surface area (Å²) in [5.74, 6) is 2.40. The maximum absolute atomic E-state index is 12.3. The van der Waals surface area contributed by atoms with E-state index in [4.69, 9.17) is 9.47 Å². The lowest BCUT2D eigenvalue weighted by molar-refractivity contribution is -0.130. The molecule has 8 nitrogen and oxygen atoms in total. The molecule has 8 heteroatoms. The van der Waals surface area contributed by atoms with Crippen LogP contribution in [0.4, 0.5) is 5.95 Å². The van der Waals surface area contributed by atoms with Crippen LogP contribution in [0.2, 0.25) is 0 Å². The molecule has 3 rings (SSSR count). The molecule has 1 N–H and O–H groups in total. The zero-order valence-corrected chi connectivity index (χ0v) is 15.5. The van der Waals surface area contributed by atoms with Crippen molar-refractivity contribution in [1.82, 2.24) is 20.2 Å². The molecular weight excluding hydrogens is 346 g/mol. The van der Waals surface area contributed by atoms with Crippen molar-refractivity contribution in [1.29, 1.82) is 0 Å². The quantitative estimate of drug-likeness (QED) is 0.688. The van der Waals surface area contributed by atoms with Crippen LogP contribution in [-0.2, 0) is 4.79 Å². The maximum Gasteiger partial charge on any atom is 0.236 e. The molecule has 0 aliphatic carbocycles. The van der Waals surface area contributed by atoms with E-state index in [1.807, 2.05) is 29.2 Å². The number of nitrogens with zero attached hydrogens (tertiary/aromatic N) is 4. The fourth-order valence-electron chi connectivity index (χ4n) is 2.83. The van der Waals surface area contributed by atoms with E-state index in [0.717, 1.165) is 30.5 Å². The van der Waals surface area contributed by atoms with E-state index in [-0.39, 0.29) is 5.91 Å². The zero-order chi connectivity index (χ0) is 18.9. The van der Waals surface area contributed by atoms with Gasteiger partial charge in [-0.25, -0.2) is 9.97 Å².